The molecule has 1 heterocycles. The molecule has 0 saturated carbocycles. The van der Waals surface area contributed by atoms with E-state index in [0.29, 0.717) is 11.4 Å². The summed E-state index contributed by atoms with van der Waals surface area (Å²) in [6.07, 6.45) is -0.201. The van der Waals surface area contributed by atoms with Gasteiger partial charge in [0.2, 0.25) is 0 Å². The number of ether oxygens (including phenoxy) is 1. The summed E-state index contributed by atoms with van der Waals surface area (Å²) >= 11 is 0. The summed E-state index contributed by atoms with van der Waals surface area (Å²) in [5.41, 5.74) is -0.192. The van der Waals surface area contributed by atoms with Gasteiger partial charge >= 0.3 is 5.97 Å². The van der Waals surface area contributed by atoms with Gasteiger partial charge in [-0.25, -0.2) is 0 Å². The van der Waals surface area contributed by atoms with Crippen LogP contribution >= 0.6 is 0 Å². The molecule has 0 saturated heterocycles. The topological polar surface area (TPSA) is 160 Å². The highest BCUT2D eigenvalue weighted by molar-refractivity contribution is 6.04. The second kappa shape index (κ2) is 10.1. The number of hydrogen-bond donors (Lipinski definition) is 4. The fraction of sp³-hybridized carbons (Fsp3) is 0.136. The van der Waals surface area contributed by atoms with Crippen molar-refractivity contribution in [2.45, 2.75) is 6.42 Å². The van der Waals surface area contributed by atoms with Gasteiger partial charge in [0.25, 0.3) is 17.4 Å². The number of carbonyl (C=O) groups is 3. The number of aliphatic carboxylic acids is 1. The van der Waals surface area contributed by atoms with Gasteiger partial charge in [-0.3, -0.25) is 19.2 Å². The van der Waals surface area contributed by atoms with Crippen molar-refractivity contribution in [3.8, 4) is 17.2 Å². The third-order valence-electron chi connectivity index (χ3n) is 4.47. The van der Waals surface area contributed by atoms with Crippen LogP contribution in [0.15, 0.2) is 59.4 Å². The van der Waals surface area contributed by atoms with E-state index in [4.69, 9.17) is 9.84 Å². The maximum Gasteiger partial charge on any atom is 0.305 e. The maximum absolute atomic E-state index is 12.7. The molecule has 0 aliphatic carbocycles. The Morgan fingerprint density at radius 3 is 2.42 bits per heavy atom. The lowest BCUT2D eigenvalue weighted by Crippen LogP contribution is -2.26. The van der Waals surface area contributed by atoms with Gasteiger partial charge in [0.1, 0.15) is 11.4 Å². The van der Waals surface area contributed by atoms with Crippen LogP contribution in [0, 0.1) is 0 Å². The number of anilines is 1. The van der Waals surface area contributed by atoms with Crippen LogP contribution in [0.4, 0.5) is 5.69 Å². The Morgan fingerprint density at radius 2 is 1.76 bits per heavy atom. The van der Waals surface area contributed by atoms with Crippen LogP contribution in [0.3, 0.4) is 0 Å². The molecule has 0 aliphatic heterocycles. The standard InChI is InChI=1S/C22H20N4O7/c1-33-17-5-3-2-4-15(17)26-18(28)12-16(27)20(25-26)22(32)24-14-8-6-13(7-9-14)21(31)23-11-10-19(29)30/h2-9,12,27H,10-11H2,1H3,(H,23,31)(H,24,32)(H,29,30). The molecule has 4 N–H and O–H groups in total. The van der Waals surface area contributed by atoms with E-state index in [-0.39, 0.29) is 24.2 Å². The number of nitrogens with one attached hydrogen (secondary N) is 2. The first-order chi connectivity index (χ1) is 15.8. The highest BCUT2D eigenvalue weighted by Crippen LogP contribution is 2.22. The van der Waals surface area contributed by atoms with Gasteiger partial charge in [-0.15, -0.1) is 0 Å². The first-order valence-electron chi connectivity index (χ1n) is 9.68. The number of carbonyl (C=O) groups excluding carboxylic acids is 2. The summed E-state index contributed by atoms with van der Waals surface area (Å²) in [6, 6.07) is 13.2. The molecule has 3 rings (SSSR count). The average molecular weight is 452 g/mol. The molecule has 3 aromatic rings. The van der Waals surface area contributed by atoms with E-state index in [0.717, 1.165) is 10.7 Å². The van der Waals surface area contributed by atoms with Crippen molar-refractivity contribution in [2.24, 2.45) is 0 Å². The summed E-state index contributed by atoms with van der Waals surface area (Å²) in [4.78, 5) is 47.6. The third kappa shape index (κ3) is 5.53. The largest absolute Gasteiger partial charge is 0.505 e. The number of benzene rings is 2. The van der Waals surface area contributed by atoms with Crippen LogP contribution < -0.4 is 20.9 Å². The van der Waals surface area contributed by atoms with E-state index < -0.39 is 34.8 Å². The molecule has 0 spiro atoms. The third-order valence-corrected chi connectivity index (χ3v) is 4.47. The van der Waals surface area contributed by atoms with Crippen LogP contribution in [0.5, 0.6) is 11.5 Å². The number of aromatic nitrogens is 2. The molecule has 0 aliphatic rings. The van der Waals surface area contributed by atoms with Crippen molar-refractivity contribution < 1.29 is 29.3 Å². The molecule has 0 fully saturated rings. The van der Waals surface area contributed by atoms with Gasteiger partial charge in [0.15, 0.2) is 11.4 Å². The van der Waals surface area contributed by atoms with E-state index in [1.165, 1.54) is 31.4 Å². The van der Waals surface area contributed by atoms with Crippen LogP contribution in [-0.2, 0) is 4.79 Å². The Bertz CT molecular complexity index is 1250. The van der Waals surface area contributed by atoms with E-state index in [1.807, 2.05) is 0 Å². The van der Waals surface area contributed by atoms with E-state index in [2.05, 4.69) is 15.7 Å². The molecule has 170 valence electrons. The first-order valence-corrected chi connectivity index (χ1v) is 9.68. The number of hydrogen-bond acceptors (Lipinski definition) is 7. The van der Waals surface area contributed by atoms with Crippen molar-refractivity contribution >= 4 is 23.5 Å². The van der Waals surface area contributed by atoms with Gasteiger partial charge in [0, 0.05) is 23.9 Å². The fourth-order valence-corrected chi connectivity index (χ4v) is 2.87. The number of rotatable bonds is 8. The molecule has 0 bridgehead atoms. The van der Waals surface area contributed by atoms with E-state index in [1.54, 1.807) is 24.3 Å². The summed E-state index contributed by atoms with van der Waals surface area (Å²) in [6.45, 7) is -0.0144. The zero-order valence-electron chi connectivity index (χ0n) is 17.4. The molecule has 2 amide bonds. The molecule has 1 aromatic heterocycles. The lowest BCUT2D eigenvalue weighted by Gasteiger charge is -2.12. The highest BCUT2D eigenvalue weighted by Gasteiger charge is 2.18. The number of nitrogens with zero attached hydrogens (tertiary/aromatic N) is 2. The molecule has 11 nitrogen and oxygen atoms in total. The monoisotopic (exact) mass is 452 g/mol. The second-order valence-corrected chi connectivity index (χ2v) is 6.73. The normalized spacial score (nSPS) is 10.3. The van der Waals surface area contributed by atoms with Crippen LogP contribution in [0.1, 0.15) is 27.3 Å². The number of methoxy groups -OCH3 is 1. The van der Waals surface area contributed by atoms with Crippen molar-refractivity contribution in [3.63, 3.8) is 0 Å². The molecule has 0 radical (unpaired) electrons. The summed E-state index contributed by atoms with van der Waals surface area (Å²) in [5.74, 6) is -2.52. The highest BCUT2D eigenvalue weighted by atomic mass is 16.5. The van der Waals surface area contributed by atoms with E-state index in [9.17, 15) is 24.3 Å². The molecular weight excluding hydrogens is 432 g/mol. The van der Waals surface area contributed by atoms with Crippen LogP contribution in [0.2, 0.25) is 0 Å². The minimum Gasteiger partial charge on any atom is -0.505 e. The Kier molecular flexibility index (Phi) is 7.03. The second-order valence-electron chi connectivity index (χ2n) is 6.73. The number of amides is 2. The minimum absolute atomic E-state index is 0.0144. The zero-order valence-corrected chi connectivity index (χ0v) is 17.4. The Morgan fingerprint density at radius 1 is 1.06 bits per heavy atom. The van der Waals surface area contributed by atoms with Crippen LogP contribution in [-0.4, -0.2) is 51.4 Å². The Balaban J connectivity index is 1.78. The molecular formula is C22H20N4O7. The molecule has 0 unspecified atom stereocenters. The number of aromatic hydroxyl groups is 1. The Hall–Kier alpha value is -4.67. The van der Waals surface area contributed by atoms with Crippen molar-refractivity contribution in [1.29, 1.82) is 0 Å². The lowest BCUT2D eigenvalue weighted by molar-refractivity contribution is -0.136. The zero-order chi connectivity index (χ0) is 24.0. The lowest BCUT2D eigenvalue weighted by atomic mass is 10.2. The summed E-state index contributed by atoms with van der Waals surface area (Å²) < 4.78 is 6.17. The van der Waals surface area contributed by atoms with Gasteiger partial charge in [-0.2, -0.15) is 9.78 Å². The molecule has 0 atom stereocenters. The first kappa shape index (κ1) is 23.0. The fourth-order valence-electron chi connectivity index (χ4n) is 2.87. The van der Waals surface area contributed by atoms with Gasteiger partial charge in [0.05, 0.1) is 13.5 Å². The molecule has 33 heavy (non-hydrogen) atoms. The molecule has 11 heteroatoms. The van der Waals surface area contributed by atoms with Crippen LogP contribution in [0.25, 0.3) is 5.69 Å². The van der Waals surface area contributed by atoms with Gasteiger partial charge in [-0.05, 0) is 36.4 Å². The van der Waals surface area contributed by atoms with Crippen molar-refractivity contribution in [2.75, 3.05) is 19.0 Å². The summed E-state index contributed by atoms with van der Waals surface area (Å²) in [7, 11) is 1.42. The molecule has 2 aromatic carbocycles. The predicted molar refractivity (Wildman–Crippen MR) is 117 cm³/mol. The maximum atomic E-state index is 12.7. The number of para-hydroxylation sites is 2. The van der Waals surface area contributed by atoms with Gasteiger partial charge in [-0.1, -0.05) is 12.1 Å². The van der Waals surface area contributed by atoms with E-state index >= 15 is 0 Å². The van der Waals surface area contributed by atoms with Crippen molar-refractivity contribution in [1.82, 2.24) is 15.1 Å². The quantitative estimate of drug-likeness (QED) is 0.399. The Labute approximate surface area is 187 Å². The summed E-state index contributed by atoms with van der Waals surface area (Å²) in [5, 5.41) is 27.7. The number of carboxylic acid groups (broad SMARTS) is 1. The van der Waals surface area contributed by atoms with Gasteiger partial charge < -0.3 is 25.6 Å². The average Bonchev–Trinajstić information content (AvgIpc) is 2.79. The van der Waals surface area contributed by atoms with Crippen molar-refractivity contribution in [3.05, 3.63) is 76.2 Å². The minimum atomic E-state index is -1.03. The predicted octanol–water partition coefficient (Wildman–Crippen LogP) is 1.40. The smallest absolute Gasteiger partial charge is 0.305 e. The number of carboxylic acids is 1. The SMILES string of the molecule is COc1ccccc1-n1nc(C(=O)Nc2ccc(C(=O)NCCC(=O)O)cc2)c(O)cc1=O.